The Kier molecular flexibility index (Phi) is 3.97. The lowest BCUT2D eigenvalue weighted by atomic mass is 10.2. The van der Waals surface area contributed by atoms with Gasteiger partial charge >= 0.3 is 6.09 Å². The second-order valence-corrected chi connectivity index (χ2v) is 4.86. The predicted octanol–water partition coefficient (Wildman–Crippen LogP) is 2.25. The van der Waals surface area contributed by atoms with Crippen LogP contribution in [-0.4, -0.2) is 41.3 Å². The van der Waals surface area contributed by atoms with Crippen LogP contribution in [0.3, 0.4) is 0 Å². The fourth-order valence-electron chi connectivity index (χ4n) is 1.70. The molecule has 1 rings (SSSR count). The van der Waals surface area contributed by atoms with Crippen molar-refractivity contribution in [1.29, 1.82) is 0 Å². The standard InChI is InChI=1S/C11H22N2O2/c1-5-13(12-8-6-7-9-12)10(14)15-11(2,3)4/h5-9H2,1-4H3. The molecule has 1 aliphatic heterocycles. The average Bonchev–Trinajstić information content (AvgIpc) is 2.54. The van der Waals surface area contributed by atoms with Crippen LogP contribution in [0.5, 0.6) is 0 Å². The van der Waals surface area contributed by atoms with E-state index in [9.17, 15) is 4.79 Å². The molecule has 15 heavy (non-hydrogen) atoms. The van der Waals surface area contributed by atoms with Crippen molar-refractivity contribution in [2.75, 3.05) is 19.6 Å². The minimum Gasteiger partial charge on any atom is -0.443 e. The second-order valence-electron chi connectivity index (χ2n) is 4.86. The molecule has 0 atom stereocenters. The highest BCUT2D eigenvalue weighted by atomic mass is 16.6. The molecule has 1 heterocycles. The molecule has 1 saturated heterocycles. The summed E-state index contributed by atoms with van der Waals surface area (Å²) in [6.45, 7) is 10.3. The van der Waals surface area contributed by atoms with E-state index in [4.69, 9.17) is 4.74 Å². The maximum Gasteiger partial charge on any atom is 0.424 e. The van der Waals surface area contributed by atoms with Crippen molar-refractivity contribution >= 4 is 6.09 Å². The largest absolute Gasteiger partial charge is 0.443 e. The van der Waals surface area contributed by atoms with Gasteiger partial charge < -0.3 is 4.74 Å². The van der Waals surface area contributed by atoms with Crippen LogP contribution in [0.2, 0.25) is 0 Å². The maximum atomic E-state index is 11.8. The molecule has 0 aromatic rings. The lowest BCUT2D eigenvalue weighted by Crippen LogP contribution is -2.47. The highest BCUT2D eigenvalue weighted by molar-refractivity contribution is 5.67. The summed E-state index contributed by atoms with van der Waals surface area (Å²) in [7, 11) is 0. The number of carbonyl (C=O) groups excluding carboxylic acids is 1. The van der Waals surface area contributed by atoms with Crippen LogP contribution in [-0.2, 0) is 4.74 Å². The first-order valence-corrected chi connectivity index (χ1v) is 5.69. The van der Waals surface area contributed by atoms with Crippen molar-refractivity contribution in [3.05, 3.63) is 0 Å². The van der Waals surface area contributed by atoms with Crippen LogP contribution < -0.4 is 0 Å². The Bertz CT molecular complexity index is 217. The third-order valence-electron chi connectivity index (χ3n) is 2.33. The van der Waals surface area contributed by atoms with Crippen LogP contribution in [0, 0.1) is 0 Å². The van der Waals surface area contributed by atoms with Gasteiger partial charge in [0.2, 0.25) is 0 Å². The molecule has 0 radical (unpaired) electrons. The number of hydrogen-bond acceptors (Lipinski definition) is 3. The van der Waals surface area contributed by atoms with Gasteiger partial charge in [0.1, 0.15) is 5.60 Å². The molecule has 0 aromatic carbocycles. The van der Waals surface area contributed by atoms with Crippen LogP contribution in [0.25, 0.3) is 0 Å². The topological polar surface area (TPSA) is 32.8 Å². The van der Waals surface area contributed by atoms with Crippen molar-refractivity contribution in [2.45, 2.75) is 46.1 Å². The summed E-state index contributed by atoms with van der Waals surface area (Å²) >= 11 is 0. The molecule has 88 valence electrons. The van der Waals surface area contributed by atoms with E-state index in [1.54, 1.807) is 5.01 Å². The van der Waals surface area contributed by atoms with E-state index in [1.165, 1.54) is 12.8 Å². The van der Waals surface area contributed by atoms with E-state index < -0.39 is 5.60 Å². The van der Waals surface area contributed by atoms with Crippen molar-refractivity contribution in [3.63, 3.8) is 0 Å². The summed E-state index contributed by atoms with van der Waals surface area (Å²) in [5, 5.41) is 3.78. The molecule has 0 spiro atoms. The van der Waals surface area contributed by atoms with E-state index in [0.29, 0.717) is 6.54 Å². The number of ether oxygens (including phenoxy) is 1. The van der Waals surface area contributed by atoms with Crippen molar-refractivity contribution < 1.29 is 9.53 Å². The van der Waals surface area contributed by atoms with E-state index in [2.05, 4.69) is 5.01 Å². The molecule has 0 aliphatic carbocycles. The first kappa shape index (κ1) is 12.3. The highest BCUT2D eigenvalue weighted by Gasteiger charge is 2.27. The molecule has 0 aromatic heterocycles. The van der Waals surface area contributed by atoms with Gasteiger partial charge in [-0.25, -0.2) is 14.8 Å². The molecular formula is C11H22N2O2. The van der Waals surface area contributed by atoms with E-state index >= 15 is 0 Å². The number of hydrazine groups is 1. The van der Waals surface area contributed by atoms with Gasteiger partial charge in [0.05, 0.1) is 0 Å². The smallest absolute Gasteiger partial charge is 0.424 e. The van der Waals surface area contributed by atoms with Gasteiger partial charge in [0, 0.05) is 19.6 Å². The zero-order valence-corrected chi connectivity index (χ0v) is 10.2. The number of nitrogens with zero attached hydrogens (tertiary/aromatic N) is 2. The van der Waals surface area contributed by atoms with E-state index in [-0.39, 0.29) is 6.09 Å². The van der Waals surface area contributed by atoms with Crippen LogP contribution >= 0.6 is 0 Å². The summed E-state index contributed by atoms with van der Waals surface area (Å²) in [4.78, 5) is 11.8. The molecule has 0 unspecified atom stereocenters. The van der Waals surface area contributed by atoms with Crippen LogP contribution in [0.1, 0.15) is 40.5 Å². The van der Waals surface area contributed by atoms with Gasteiger partial charge in [-0.1, -0.05) is 0 Å². The maximum absolute atomic E-state index is 11.8. The fourth-order valence-corrected chi connectivity index (χ4v) is 1.70. The SMILES string of the molecule is CCN(C(=O)OC(C)(C)C)N1CCCC1. The molecule has 4 heteroatoms. The molecule has 0 saturated carbocycles. The van der Waals surface area contributed by atoms with Crippen molar-refractivity contribution in [1.82, 2.24) is 10.0 Å². The lowest BCUT2D eigenvalue weighted by Gasteiger charge is -2.32. The third kappa shape index (κ3) is 3.70. The van der Waals surface area contributed by atoms with Gasteiger partial charge in [0.15, 0.2) is 0 Å². The number of carbonyl (C=O) groups is 1. The van der Waals surface area contributed by atoms with Gasteiger partial charge in [-0.3, -0.25) is 0 Å². The quantitative estimate of drug-likeness (QED) is 0.707. The van der Waals surface area contributed by atoms with Gasteiger partial charge in [-0.15, -0.1) is 0 Å². The molecule has 1 amide bonds. The Balaban J connectivity index is 2.53. The van der Waals surface area contributed by atoms with Crippen LogP contribution in [0.4, 0.5) is 4.79 Å². The molecule has 0 N–H and O–H groups in total. The Morgan fingerprint density at radius 3 is 2.27 bits per heavy atom. The number of hydrogen-bond donors (Lipinski definition) is 0. The summed E-state index contributed by atoms with van der Waals surface area (Å²) in [5.41, 5.74) is -0.412. The normalized spacial score (nSPS) is 17.9. The minimum absolute atomic E-state index is 0.230. The Morgan fingerprint density at radius 1 is 1.33 bits per heavy atom. The Labute approximate surface area is 92.1 Å². The highest BCUT2D eigenvalue weighted by Crippen LogP contribution is 2.15. The fraction of sp³-hybridized carbons (Fsp3) is 0.909. The second kappa shape index (κ2) is 4.84. The average molecular weight is 214 g/mol. The summed E-state index contributed by atoms with van der Waals surface area (Å²) in [6.07, 6.45) is 2.10. The first-order valence-electron chi connectivity index (χ1n) is 5.69. The van der Waals surface area contributed by atoms with Gasteiger partial charge in [-0.05, 0) is 40.5 Å². The Morgan fingerprint density at radius 2 is 1.87 bits per heavy atom. The zero-order valence-electron chi connectivity index (χ0n) is 10.2. The lowest BCUT2D eigenvalue weighted by molar-refractivity contribution is -0.0378. The zero-order chi connectivity index (χ0) is 11.5. The summed E-state index contributed by atoms with van der Waals surface area (Å²) in [5.74, 6) is 0. The molecule has 4 nitrogen and oxygen atoms in total. The number of rotatable bonds is 2. The van der Waals surface area contributed by atoms with E-state index in [1.807, 2.05) is 27.7 Å². The first-order chi connectivity index (χ1) is 6.94. The van der Waals surface area contributed by atoms with Crippen molar-refractivity contribution in [2.24, 2.45) is 0 Å². The van der Waals surface area contributed by atoms with Crippen LogP contribution in [0.15, 0.2) is 0 Å². The van der Waals surface area contributed by atoms with Gasteiger partial charge in [-0.2, -0.15) is 0 Å². The van der Waals surface area contributed by atoms with Gasteiger partial charge in [0.25, 0.3) is 0 Å². The minimum atomic E-state index is -0.412. The molecule has 1 fully saturated rings. The molecule has 1 aliphatic rings. The monoisotopic (exact) mass is 214 g/mol. The van der Waals surface area contributed by atoms with Crippen molar-refractivity contribution in [3.8, 4) is 0 Å². The Hall–Kier alpha value is -0.770. The molecule has 0 bridgehead atoms. The molecular weight excluding hydrogens is 192 g/mol. The predicted molar refractivity (Wildman–Crippen MR) is 59.4 cm³/mol. The third-order valence-corrected chi connectivity index (χ3v) is 2.33. The summed E-state index contributed by atoms with van der Waals surface area (Å²) in [6, 6.07) is 0. The van der Waals surface area contributed by atoms with E-state index in [0.717, 1.165) is 13.1 Å². The summed E-state index contributed by atoms with van der Waals surface area (Å²) < 4.78 is 5.35. The number of amides is 1.